The third-order valence-electron chi connectivity index (χ3n) is 2.47. The molecule has 0 aliphatic rings. The van der Waals surface area contributed by atoms with Gasteiger partial charge in [-0.05, 0) is 24.6 Å². The first-order valence-electron chi connectivity index (χ1n) is 5.98. The Morgan fingerprint density at radius 2 is 2.32 bits per heavy atom. The van der Waals surface area contributed by atoms with Gasteiger partial charge in [0, 0.05) is 24.2 Å². The molecule has 0 radical (unpaired) electrons. The lowest BCUT2D eigenvalue weighted by Gasteiger charge is -2.06. The van der Waals surface area contributed by atoms with Crippen LogP contribution >= 0.6 is 11.3 Å². The third-order valence-corrected chi connectivity index (χ3v) is 3.44. The van der Waals surface area contributed by atoms with Crippen molar-refractivity contribution in [1.82, 2.24) is 10.3 Å². The summed E-state index contributed by atoms with van der Waals surface area (Å²) in [6.45, 7) is 3.59. The zero-order valence-corrected chi connectivity index (χ0v) is 11.5. The zero-order valence-electron chi connectivity index (χ0n) is 10.7. The summed E-state index contributed by atoms with van der Waals surface area (Å²) in [4.78, 5) is 4.40. The van der Waals surface area contributed by atoms with E-state index in [0.29, 0.717) is 0 Å². The highest BCUT2D eigenvalue weighted by Crippen LogP contribution is 2.13. The summed E-state index contributed by atoms with van der Waals surface area (Å²) >= 11 is 1.66. The second kappa shape index (κ2) is 6.88. The van der Waals surface area contributed by atoms with Crippen LogP contribution < -0.4 is 10.1 Å². The van der Waals surface area contributed by atoms with Crippen LogP contribution in [-0.2, 0) is 13.1 Å². The van der Waals surface area contributed by atoms with Gasteiger partial charge in [0.2, 0.25) is 0 Å². The Kier molecular flexibility index (Phi) is 4.90. The summed E-state index contributed by atoms with van der Waals surface area (Å²) in [6.07, 6.45) is 0. The molecular weight excluding hydrogens is 258 g/mol. The molecule has 19 heavy (non-hydrogen) atoms. The average molecular weight is 273 g/mol. The summed E-state index contributed by atoms with van der Waals surface area (Å²) in [5.41, 5.74) is 2.19. The SMILES string of the molecule is Cc1csc(CNCc2cccc(OCC#N)c2)n1. The fourth-order valence-corrected chi connectivity index (χ4v) is 2.40. The van der Waals surface area contributed by atoms with Crippen LogP contribution in [0.1, 0.15) is 16.3 Å². The summed E-state index contributed by atoms with van der Waals surface area (Å²) in [7, 11) is 0. The van der Waals surface area contributed by atoms with Crippen LogP contribution in [0.4, 0.5) is 0 Å². The van der Waals surface area contributed by atoms with Crippen LogP contribution in [0, 0.1) is 18.3 Å². The molecule has 0 saturated heterocycles. The van der Waals surface area contributed by atoms with E-state index in [0.717, 1.165) is 35.1 Å². The molecule has 0 amide bonds. The first-order chi connectivity index (χ1) is 9.28. The summed E-state index contributed by atoms with van der Waals surface area (Å²) in [6, 6.07) is 9.71. The van der Waals surface area contributed by atoms with Crippen molar-refractivity contribution in [2.45, 2.75) is 20.0 Å². The molecule has 1 aromatic heterocycles. The van der Waals surface area contributed by atoms with Crippen molar-refractivity contribution in [2.75, 3.05) is 6.61 Å². The maximum absolute atomic E-state index is 8.47. The average Bonchev–Trinajstić information content (AvgIpc) is 2.83. The molecule has 5 heteroatoms. The lowest BCUT2D eigenvalue weighted by atomic mass is 10.2. The van der Waals surface area contributed by atoms with E-state index in [1.54, 1.807) is 11.3 Å². The normalized spacial score (nSPS) is 10.1. The molecule has 4 nitrogen and oxygen atoms in total. The molecule has 0 saturated carbocycles. The van der Waals surface area contributed by atoms with E-state index in [1.165, 1.54) is 0 Å². The lowest BCUT2D eigenvalue weighted by Crippen LogP contribution is -2.12. The number of ether oxygens (including phenoxy) is 1. The standard InChI is InChI=1S/C14H15N3OS/c1-11-10-19-14(17-11)9-16-8-12-3-2-4-13(7-12)18-6-5-15/h2-4,7,10,16H,6,8-9H2,1H3. The van der Waals surface area contributed by atoms with Crippen molar-refractivity contribution in [3.8, 4) is 11.8 Å². The Labute approximate surface area is 116 Å². The van der Waals surface area contributed by atoms with Crippen molar-refractivity contribution in [3.05, 3.63) is 45.9 Å². The van der Waals surface area contributed by atoms with E-state index in [4.69, 9.17) is 10.00 Å². The summed E-state index contributed by atoms with van der Waals surface area (Å²) < 4.78 is 5.26. The number of benzene rings is 1. The van der Waals surface area contributed by atoms with E-state index in [-0.39, 0.29) is 6.61 Å². The Morgan fingerprint density at radius 1 is 1.42 bits per heavy atom. The minimum Gasteiger partial charge on any atom is -0.479 e. The van der Waals surface area contributed by atoms with E-state index in [1.807, 2.05) is 42.6 Å². The monoisotopic (exact) mass is 273 g/mol. The van der Waals surface area contributed by atoms with E-state index in [9.17, 15) is 0 Å². The first-order valence-corrected chi connectivity index (χ1v) is 6.86. The molecule has 2 rings (SSSR count). The quantitative estimate of drug-likeness (QED) is 0.879. The molecule has 1 N–H and O–H groups in total. The van der Waals surface area contributed by atoms with Gasteiger partial charge in [0.1, 0.15) is 16.8 Å². The number of thiazole rings is 1. The van der Waals surface area contributed by atoms with Crippen molar-refractivity contribution in [1.29, 1.82) is 5.26 Å². The maximum atomic E-state index is 8.47. The third kappa shape index (κ3) is 4.36. The van der Waals surface area contributed by atoms with Crippen LogP contribution in [-0.4, -0.2) is 11.6 Å². The smallest absolute Gasteiger partial charge is 0.174 e. The fraction of sp³-hybridized carbons (Fsp3) is 0.286. The molecule has 98 valence electrons. The molecule has 1 heterocycles. The van der Waals surface area contributed by atoms with Gasteiger partial charge in [0.25, 0.3) is 0 Å². The zero-order chi connectivity index (χ0) is 13.5. The van der Waals surface area contributed by atoms with Gasteiger partial charge in [-0.15, -0.1) is 11.3 Å². The Bertz CT molecular complexity index is 574. The number of nitrogens with one attached hydrogen (secondary N) is 1. The number of nitrogens with zero attached hydrogens (tertiary/aromatic N) is 2. The molecule has 2 aromatic rings. The Balaban J connectivity index is 1.84. The van der Waals surface area contributed by atoms with Gasteiger partial charge in [0.05, 0.1) is 0 Å². The van der Waals surface area contributed by atoms with Crippen molar-refractivity contribution >= 4 is 11.3 Å². The van der Waals surface area contributed by atoms with Gasteiger partial charge in [-0.25, -0.2) is 4.98 Å². The van der Waals surface area contributed by atoms with E-state index in [2.05, 4.69) is 10.3 Å². The topological polar surface area (TPSA) is 57.9 Å². The number of rotatable bonds is 6. The molecule has 0 unspecified atom stereocenters. The van der Waals surface area contributed by atoms with Crippen LogP contribution in [0.25, 0.3) is 0 Å². The van der Waals surface area contributed by atoms with Gasteiger partial charge in [-0.2, -0.15) is 5.26 Å². The first kappa shape index (κ1) is 13.5. The number of aryl methyl sites for hydroxylation is 1. The van der Waals surface area contributed by atoms with Gasteiger partial charge in [-0.1, -0.05) is 12.1 Å². The predicted molar refractivity (Wildman–Crippen MR) is 74.9 cm³/mol. The van der Waals surface area contributed by atoms with Gasteiger partial charge < -0.3 is 10.1 Å². The highest BCUT2D eigenvalue weighted by atomic mass is 32.1. The molecule has 1 aromatic carbocycles. The molecule has 0 bridgehead atoms. The maximum Gasteiger partial charge on any atom is 0.174 e. The summed E-state index contributed by atoms with van der Waals surface area (Å²) in [5, 5.41) is 15.0. The number of hydrogen-bond acceptors (Lipinski definition) is 5. The van der Waals surface area contributed by atoms with Crippen LogP contribution in [0.2, 0.25) is 0 Å². The largest absolute Gasteiger partial charge is 0.479 e. The van der Waals surface area contributed by atoms with Gasteiger partial charge >= 0.3 is 0 Å². The molecule has 0 fully saturated rings. The van der Waals surface area contributed by atoms with Crippen molar-refractivity contribution < 1.29 is 4.74 Å². The number of aromatic nitrogens is 1. The Hall–Kier alpha value is -1.90. The summed E-state index contributed by atoms with van der Waals surface area (Å²) in [5.74, 6) is 0.728. The highest BCUT2D eigenvalue weighted by Gasteiger charge is 2.00. The molecule has 0 spiro atoms. The molecule has 0 aliphatic carbocycles. The van der Waals surface area contributed by atoms with E-state index >= 15 is 0 Å². The number of hydrogen-bond donors (Lipinski definition) is 1. The second-order valence-electron chi connectivity index (χ2n) is 4.08. The lowest BCUT2D eigenvalue weighted by molar-refractivity contribution is 0.367. The molecule has 0 aliphatic heterocycles. The van der Waals surface area contributed by atoms with Gasteiger partial charge in [0.15, 0.2) is 6.61 Å². The van der Waals surface area contributed by atoms with Gasteiger partial charge in [-0.3, -0.25) is 0 Å². The minimum atomic E-state index is 0.0786. The molecule has 0 atom stereocenters. The van der Waals surface area contributed by atoms with Crippen LogP contribution in [0.5, 0.6) is 5.75 Å². The Morgan fingerprint density at radius 3 is 3.05 bits per heavy atom. The van der Waals surface area contributed by atoms with Crippen LogP contribution in [0.3, 0.4) is 0 Å². The van der Waals surface area contributed by atoms with E-state index < -0.39 is 0 Å². The van der Waals surface area contributed by atoms with Crippen molar-refractivity contribution in [3.63, 3.8) is 0 Å². The number of nitriles is 1. The molecular formula is C14H15N3OS. The second-order valence-corrected chi connectivity index (χ2v) is 5.02. The minimum absolute atomic E-state index is 0.0786. The van der Waals surface area contributed by atoms with Crippen LogP contribution in [0.15, 0.2) is 29.6 Å². The highest BCUT2D eigenvalue weighted by molar-refractivity contribution is 7.09. The van der Waals surface area contributed by atoms with Crippen molar-refractivity contribution in [2.24, 2.45) is 0 Å². The fourth-order valence-electron chi connectivity index (χ4n) is 1.66. The predicted octanol–water partition coefficient (Wildman–Crippen LogP) is 2.64.